The molecule has 1 aromatic carbocycles. The lowest BCUT2D eigenvalue weighted by Crippen LogP contribution is -2.41. The van der Waals surface area contributed by atoms with E-state index in [2.05, 4.69) is 20.8 Å². The number of hydrogen-bond donors (Lipinski definition) is 1. The van der Waals surface area contributed by atoms with E-state index in [0.29, 0.717) is 37.8 Å². The Labute approximate surface area is 155 Å². The van der Waals surface area contributed by atoms with Crippen LogP contribution in [0.15, 0.2) is 24.3 Å². The van der Waals surface area contributed by atoms with E-state index in [9.17, 15) is 9.59 Å². The second-order valence-corrected chi connectivity index (χ2v) is 6.73. The van der Waals surface area contributed by atoms with Crippen molar-refractivity contribution in [2.45, 2.75) is 0 Å². The van der Waals surface area contributed by atoms with Crippen molar-refractivity contribution in [2.75, 3.05) is 43.1 Å². The normalized spacial score (nSPS) is 14.3. The first-order valence-electron chi connectivity index (χ1n) is 8.19. The Kier molecular flexibility index (Phi) is 6.18. The largest absolute Gasteiger partial charge is 0.378 e. The van der Waals surface area contributed by atoms with Crippen molar-refractivity contribution in [3.63, 3.8) is 0 Å². The van der Waals surface area contributed by atoms with Crippen LogP contribution < -0.4 is 5.32 Å². The highest BCUT2D eigenvalue weighted by molar-refractivity contribution is 8.00. The summed E-state index contributed by atoms with van der Waals surface area (Å²) in [6, 6.07) is 7.31. The summed E-state index contributed by atoms with van der Waals surface area (Å²) in [5.74, 6) is 1.01. The molecule has 9 nitrogen and oxygen atoms in total. The summed E-state index contributed by atoms with van der Waals surface area (Å²) >= 11 is 1.31. The maximum atomic E-state index is 12.1. The third-order valence-corrected chi connectivity index (χ3v) is 4.76. The number of morpholine rings is 1. The third kappa shape index (κ3) is 4.79. The molecule has 0 bridgehead atoms. The number of rotatable bonds is 6. The molecule has 2 amide bonds. The molecule has 0 radical (unpaired) electrons. The number of tetrazole rings is 1. The number of nitrogens with zero attached hydrogens (tertiary/aromatic N) is 5. The molecule has 1 fully saturated rings. The average Bonchev–Trinajstić information content (AvgIpc) is 3.08. The van der Waals surface area contributed by atoms with Gasteiger partial charge < -0.3 is 15.0 Å². The second-order valence-electron chi connectivity index (χ2n) is 5.74. The summed E-state index contributed by atoms with van der Waals surface area (Å²) < 4.78 is 6.79. The highest BCUT2D eigenvalue weighted by Gasteiger charge is 2.17. The van der Waals surface area contributed by atoms with Gasteiger partial charge >= 0.3 is 0 Å². The van der Waals surface area contributed by atoms with Crippen LogP contribution in [0.5, 0.6) is 0 Å². The van der Waals surface area contributed by atoms with Crippen LogP contribution in [0, 0.1) is 0 Å². The molecule has 1 N–H and O–H groups in total. The summed E-state index contributed by atoms with van der Waals surface area (Å²) in [6.45, 7) is 2.40. The number of thioether (sulfide) groups is 1. The molecule has 138 valence electrons. The molecule has 10 heteroatoms. The van der Waals surface area contributed by atoms with Crippen molar-refractivity contribution in [2.24, 2.45) is 7.05 Å². The van der Waals surface area contributed by atoms with Crippen LogP contribution in [0.4, 0.5) is 5.69 Å². The third-order valence-electron chi connectivity index (χ3n) is 3.85. The fourth-order valence-electron chi connectivity index (χ4n) is 2.54. The van der Waals surface area contributed by atoms with E-state index < -0.39 is 0 Å². The number of carbonyl (C=O) groups excluding carboxylic acids is 2. The zero-order valence-electron chi connectivity index (χ0n) is 14.4. The molecule has 2 aromatic rings. The summed E-state index contributed by atoms with van der Waals surface area (Å²) in [5, 5.41) is 14.2. The molecule has 1 aliphatic heterocycles. The maximum absolute atomic E-state index is 12.1. The first-order valence-corrected chi connectivity index (χ1v) is 9.35. The maximum Gasteiger partial charge on any atom is 0.234 e. The van der Waals surface area contributed by atoms with Gasteiger partial charge in [0.15, 0.2) is 5.82 Å². The minimum atomic E-state index is -0.155. The van der Waals surface area contributed by atoms with Gasteiger partial charge in [-0.15, -0.1) is 16.9 Å². The second kappa shape index (κ2) is 8.77. The lowest BCUT2D eigenvalue weighted by molar-refractivity contribution is -0.132. The Morgan fingerprint density at radius 3 is 2.81 bits per heavy atom. The first-order chi connectivity index (χ1) is 12.6. The Hall–Kier alpha value is -2.46. The van der Waals surface area contributed by atoms with Gasteiger partial charge in [0, 0.05) is 31.4 Å². The van der Waals surface area contributed by atoms with Gasteiger partial charge in [-0.2, -0.15) is 0 Å². The minimum Gasteiger partial charge on any atom is -0.378 e. The van der Waals surface area contributed by atoms with Crippen LogP contribution in [0.3, 0.4) is 0 Å². The van der Waals surface area contributed by atoms with Crippen molar-refractivity contribution in [3.05, 3.63) is 24.3 Å². The molecular formula is C16H20N6O3S. The van der Waals surface area contributed by atoms with Gasteiger partial charge in [-0.05, 0) is 22.6 Å². The van der Waals surface area contributed by atoms with Crippen LogP contribution in [0.25, 0.3) is 11.4 Å². The molecule has 1 aliphatic rings. The van der Waals surface area contributed by atoms with Crippen LogP contribution in [-0.4, -0.2) is 74.7 Å². The van der Waals surface area contributed by atoms with Crippen molar-refractivity contribution >= 4 is 29.3 Å². The number of aromatic nitrogens is 4. The number of ether oxygens (including phenoxy) is 1. The van der Waals surface area contributed by atoms with Crippen molar-refractivity contribution in [1.29, 1.82) is 0 Å². The van der Waals surface area contributed by atoms with Gasteiger partial charge in [0.1, 0.15) is 0 Å². The highest BCUT2D eigenvalue weighted by atomic mass is 32.2. The fraction of sp³-hybridized carbons (Fsp3) is 0.438. The molecule has 2 heterocycles. The van der Waals surface area contributed by atoms with Crippen molar-refractivity contribution in [3.8, 4) is 11.4 Å². The Morgan fingerprint density at radius 1 is 1.27 bits per heavy atom. The van der Waals surface area contributed by atoms with Gasteiger partial charge in [-0.1, -0.05) is 12.1 Å². The molecule has 0 unspecified atom stereocenters. The molecule has 0 aliphatic carbocycles. The first kappa shape index (κ1) is 18.3. The van der Waals surface area contributed by atoms with E-state index in [1.165, 1.54) is 11.8 Å². The van der Waals surface area contributed by atoms with E-state index in [-0.39, 0.29) is 23.3 Å². The number of carbonyl (C=O) groups is 2. The van der Waals surface area contributed by atoms with Gasteiger partial charge in [0.2, 0.25) is 11.8 Å². The predicted molar refractivity (Wildman–Crippen MR) is 97.6 cm³/mol. The quantitative estimate of drug-likeness (QED) is 0.779. The SMILES string of the molecule is Cn1nnnc1-c1cccc(NC(=O)CSCC(=O)N2CCOCC2)c1. The molecule has 0 atom stereocenters. The molecular weight excluding hydrogens is 356 g/mol. The van der Waals surface area contributed by atoms with E-state index in [0.717, 1.165) is 5.56 Å². The van der Waals surface area contributed by atoms with Gasteiger partial charge in [0.25, 0.3) is 0 Å². The van der Waals surface area contributed by atoms with Gasteiger partial charge in [-0.25, -0.2) is 4.68 Å². The standard InChI is InChI=1S/C16H20N6O3S/c1-21-16(18-19-20-21)12-3-2-4-13(9-12)17-14(23)10-26-11-15(24)22-5-7-25-8-6-22/h2-4,9H,5-8,10-11H2,1H3,(H,17,23). The highest BCUT2D eigenvalue weighted by Crippen LogP contribution is 2.19. The molecule has 26 heavy (non-hydrogen) atoms. The Morgan fingerprint density at radius 2 is 2.08 bits per heavy atom. The van der Waals surface area contributed by atoms with E-state index >= 15 is 0 Å². The number of benzene rings is 1. The van der Waals surface area contributed by atoms with E-state index in [4.69, 9.17) is 4.74 Å². The summed E-state index contributed by atoms with van der Waals surface area (Å²) in [5.41, 5.74) is 1.47. The smallest absolute Gasteiger partial charge is 0.234 e. The van der Waals surface area contributed by atoms with E-state index in [1.807, 2.05) is 18.2 Å². The summed E-state index contributed by atoms with van der Waals surface area (Å²) in [4.78, 5) is 25.9. The van der Waals surface area contributed by atoms with Crippen LogP contribution in [0.2, 0.25) is 0 Å². The van der Waals surface area contributed by atoms with Crippen molar-refractivity contribution in [1.82, 2.24) is 25.1 Å². The van der Waals surface area contributed by atoms with Crippen molar-refractivity contribution < 1.29 is 14.3 Å². The number of hydrogen-bond acceptors (Lipinski definition) is 7. The number of amides is 2. The monoisotopic (exact) mass is 376 g/mol. The number of aryl methyl sites for hydroxylation is 1. The lowest BCUT2D eigenvalue weighted by atomic mass is 10.2. The average molecular weight is 376 g/mol. The zero-order valence-corrected chi connectivity index (χ0v) is 15.2. The predicted octanol–water partition coefficient (Wildman–Crippen LogP) is 0.408. The molecule has 0 spiro atoms. The number of anilines is 1. The lowest BCUT2D eigenvalue weighted by Gasteiger charge is -2.26. The van der Waals surface area contributed by atoms with Gasteiger partial charge in [0.05, 0.1) is 24.7 Å². The van der Waals surface area contributed by atoms with Crippen LogP contribution >= 0.6 is 11.8 Å². The molecule has 1 aromatic heterocycles. The number of nitrogens with one attached hydrogen (secondary N) is 1. The summed E-state index contributed by atoms with van der Waals surface area (Å²) in [6.07, 6.45) is 0. The minimum absolute atomic E-state index is 0.0443. The zero-order chi connectivity index (χ0) is 18.4. The Balaban J connectivity index is 1.47. The molecule has 3 rings (SSSR count). The summed E-state index contributed by atoms with van der Waals surface area (Å²) in [7, 11) is 1.75. The van der Waals surface area contributed by atoms with Crippen LogP contribution in [0.1, 0.15) is 0 Å². The Bertz CT molecular complexity index is 775. The van der Waals surface area contributed by atoms with Crippen LogP contribution in [-0.2, 0) is 21.4 Å². The topological polar surface area (TPSA) is 102 Å². The fourth-order valence-corrected chi connectivity index (χ4v) is 3.26. The molecule has 0 saturated carbocycles. The molecule has 1 saturated heterocycles. The van der Waals surface area contributed by atoms with E-state index in [1.54, 1.807) is 22.7 Å². The van der Waals surface area contributed by atoms with Gasteiger partial charge in [-0.3, -0.25) is 9.59 Å².